The van der Waals surface area contributed by atoms with Gasteiger partial charge < -0.3 is 15.7 Å². The first-order valence-corrected chi connectivity index (χ1v) is 5.72. The molecule has 0 bridgehead atoms. The van der Waals surface area contributed by atoms with Crippen LogP contribution in [0.1, 0.15) is 11.1 Å². The predicted octanol–water partition coefficient (Wildman–Crippen LogP) is 3.16. The van der Waals surface area contributed by atoms with E-state index in [9.17, 15) is 8.78 Å². The Kier molecular flexibility index (Phi) is 3.84. The third-order valence-corrected chi connectivity index (χ3v) is 2.61. The van der Waals surface area contributed by atoms with Gasteiger partial charge in [0.15, 0.2) is 23.2 Å². The SMILES string of the molecule is Cc1cccc(Oc2c(F)cc(/C(N)=N/O)cc2F)c1. The van der Waals surface area contributed by atoms with Crippen LogP contribution in [-0.2, 0) is 0 Å². The van der Waals surface area contributed by atoms with Crippen LogP contribution in [0.4, 0.5) is 8.78 Å². The van der Waals surface area contributed by atoms with Gasteiger partial charge in [0, 0.05) is 5.56 Å². The Balaban J connectivity index is 2.38. The van der Waals surface area contributed by atoms with E-state index in [0.29, 0.717) is 5.75 Å². The summed E-state index contributed by atoms with van der Waals surface area (Å²) in [6.07, 6.45) is 0. The van der Waals surface area contributed by atoms with Gasteiger partial charge in [0.2, 0.25) is 0 Å². The number of aryl methyl sites for hydroxylation is 1. The summed E-state index contributed by atoms with van der Waals surface area (Å²) in [5, 5.41) is 11.2. The molecule has 3 N–H and O–H groups in total. The maximum absolute atomic E-state index is 13.8. The molecule has 2 rings (SSSR count). The highest BCUT2D eigenvalue weighted by Gasteiger charge is 2.15. The molecule has 0 aromatic heterocycles. The van der Waals surface area contributed by atoms with Gasteiger partial charge in [0.05, 0.1) is 0 Å². The second-order valence-electron chi connectivity index (χ2n) is 4.17. The average Bonchev–Trinajstić information content (AvgIpc) is 2.42. The quantitative estimate of drug-likeness (QED) is 0.392. The maximum Gasteiger partial charge on any atom is 0.198 e. The number of nitrogens with two attached hydrogens (primary N) is 1. The molecule has 0 atom stereocenters. The number of ether oxygens (including phenoxy) is 1. The van der Waals surface area contributed by atoms with Gasteiger partial charge >= 0.3 is 0 Å². The number of nitrogens with zero attached hydrogens (tertiary/aromatic N) is 1. The first-order valence-electron chi connectivity index (χ1n) is 5.72. The fourth-order valence-corrected chi connectivity index (χ4v) is 1.66. The van der Waals surface area contributed by atoms with Crippen molar-refractivity contribution in [3.63, 3.8) is 0 Å². The van der Waals surface area contributed by atoms with Crippen LogP contribution < -0.4 is 10.5 Å². The van der Waals surface area contributed by atoms with Gasteiger partial charge in [0.1, 0.15) is 5.75 Å². The zero-order valence-electron chi connectivity index (χ0n) is 10.6. The van der Waals surface area contributed by atoms with E-state index in [-0.39, 0.29) is 11.4 Å². The third-order valence-electron chi connectivity index (χ3n) is 2.61. The zero-order valence-corrected chi connectivity index (χ0v) is 10.6. The molecule has 0 radical (unpaired) electrons. The number of oxime groups is 1. The van der Waals surface area contributed by atoms with E-state index in [0.717, 1.165) is 17.7 Å². The molecule has 0 saturated carbocycles. The maximum atomic E-state index is 13.8. The molecule has 4 nitrogen and oxygen atoms in total. The molecule has 0 aliphatic rings. The van der Waals surface area contributed by atoms with Crippen LogP contribution in [0.3, 0.4) is 0 Å². The molecule has 0 fully saturated rings. The van der Waals surface area contributed by atoms with Crippen LogP contribution in [0.5, 0.6) is 11.5 Å². The number of rotatable bonds is 3. The Labute approximate surface area is 114 Å². The Morgan fingerprint density at radius 1 is 1.20 bits per heavy atom. The second kappa shape index (κ2) is 5.56. The normalized spacial score (nSPS) is 11.4. The van der Waals surface area contributed by atoms with E-state index in [2.05, 4.69) is 5.16 Å². The first-order chi connectivity index (χ1) is 9.51. The van der Waals surface area contributed by atoms with Crippen molar-refractivity contribution in [1.82, 2.24) is 0 Å². The first kappa shape index (κ1) is 13.8. The fourth-order valence-electron chi connectivity index (χ4n) is 1.66. The summed E-state index contributed by atoms with van der Waals surface area (Å²) >= 11 is 0. The van der Waals surface area contributed by atoms with Crippen molar-refractivity contribution in [2.45, 2.75) is 6.92 Å². The van der Waals surface area contributed by atoms with E-state index < -0.39 is 17.4 Å². The molecule has 0 aliphatic carbocycles. The number of benzene rings is 2. The largest absolute Gasteiger partial charge is 0.451 e. The van der Waals surface area contributed by atoms with Crippen molar-refractivity contribution < 1.29 is 18.7 Å². The van der Waals surface area contributed by atoms with Gasteiger partial charge in [-0.2, -0.15) is 0 Å². The Hall–Kier alpha value is -2.63. The Morgan fingerprint density at radius 3 is 2.40 bits per heavy atom. The van der Waals surface area contributed by atoms with Crippen molar-refractivity contribution in [3.05, 3.63) is 59.2 Å². The topological polar surface area (TPSA) is 67.8 Å². The molecule has 0 heterocycles. The number of amidine groups is 1. The molecule has 0 amide bonds. The highest BCUT2D eigenvalue weighted by atomic mass is 19.1. The molecule has 20 heavy (non-hydrogen) atoms. The van der Waals surface area contributed by atoms with Gasteiger partial charge in [-0.25, -0.2) is 8.78 Å². The molecule has 2 aromatic rings. The van der Waals surface area contributed by atoms with Crippen molar-refractivity contribution in [3.8, 4) is 11.5 Å². The van der Waals surface area contributed by atoms with Gasteiger partial charge in [0.25, 0.3) is 0 Å². The summed E-state index contributed by atoms with van der Waals surface area (Å²) < 4.78 is 32.9. The van der Waals surface area contributed by atoms with Crippen LogP contribution in [0, 0.1) is 18.6 Å². The van der Waals surface area contributed by atoms with Gasteiger partial charge in [-0.15, -0.1) is 0 Å². The lowest BCUT2D eigenvalue weighted by atomic mass is 10.2. The highest BCUT2D eigenvalue weighted by molar-refractivity contribution is 5.97. The van der Waals surface area contributed by atoms with Crippen LogP contribution in [-0.4, -0.2) is 11.0 Å². The van der Waals surface area contributed by atoms with Crippen molar-refractivity contribution in [1.29, 1.82) is 0 Å². The lowest BCUT2D eigenvalue weighted by Crippen LogP contribution is -2.14. The molecular weight excluding hydrogens is 266 g/mol. The Morgan fingerprint density at radius 2 is 1.85 bits per heavy atom. The standard InChI is InChI=1S/C14H12F2N2O2/c1-8-3-2-4-10(5-8)20-13-11(15)6-9(7-12(13)16)14(17)18-19/h2-7,19H,1H3,(H2,17,18). The van der Waals surface area contributed by atoms with Crippen molar-refractivity contribution >= 4 is 5.84 Å². The van der Waals surface area contributed by atoms with E-state index in [4.69, 9.17) is 15.7 Å². The fraction of sp³-hybridized carbons (Fsp3) is 0.0714. The van der Waals surface area contributed by atoms with Crippen LogP contribution >= 0.6 is 0 Å². The van der Waals surface area contributed by atoms with Crippen molar-refractivity contribution in [2.24, 2.45) is 10.9 Å². The minimum atomic E-state index is -0.937. The summed E-state index contributed by atoms with van der Waals surface area (Å²) in [7, 11) is 0. The molecular formula is C14H12F2N2O2. The third kappa shape index (κ3) is 2.85. The van der Waals surface area contributed by atoms with Gasteiger partial charge in [-0.05, 0) is 36.8 Å². The minimum Gasteiger partial charge on any atom is -0.451 e. The van der Waals surface area contributed by atoms with Crippen molar-refractivity contribution in [2.75, 3.05) is 0 Å². The van der Waals surface area contributed by atoms with Crippen LogP contribution in [0.15, 0.2) is 41.6 Å². The molecule has 2 aromatic carbocycles. The number of hydrogen-bond acceptors (Lipinski definition) is 3. The summed E-state index contributed by atoms with van der Waals surface area (Å²) in [5.41, 5.74) is 6.11. The summed E-state index contributed by atoms with van der Waals surface area (Å²) in [4.78, 5) is 0. The summed E-state index contributed by atoms with van der Waals surface area (Å²) in [5.74, 6) is -2.48. The van der Waals surface area contributed by atoms with E-state index >= 15 is 0 Å². The second-order valence-corrected chi connectivity index (χ2v) is 4.17. The monoisotopic (exact) mass is 278 g/mol. The summed E-state index contributed by atoms with van der Waals surface area (Å²) in [6, 6.07) is 8.65. The molecule has 0 unspecified atom stereocenters. The van der Waals surface area contributed by atoms with E-state index in [1.807, 2.05) is 13.0 Å². The van der Waals surface area contributed by atoms with E-state index in [1.54, 1.807) is 18.2 Å². The van der Waals surface area contributed by atoms with Crippen LogP contribution in [0.25, 0.3) is 0 Å². The lowest BCUT2D eigenvalue weighted by molar-refractivity contribution is 0.318. The predicted molar refractivity (Wildman–Crippen MR) is 70.1 cm³/mol. The highest BCUT2D eigenvalue weighted by Crippen LogP contribution is 2.29. The molecule has 0 aliphatic heterocycles. The number of hydrogen-bond donors (Lipinski definition) is 2. The zero-order chi connectivity index (χ0) is 14.7. The van der Waals surface area contributed by atoms with Crippen LogP contribution in [0.2, 0.25) is 0 Å². The molecule has 6 heteroatoms. The Bertz CT molecular complexity index is 649. The molecule has 0 saturated heterocycles. The minimum absolute atomic E-state index is 0.0703. The van der Waals surface area contributed by atoms with E-state index in [1.165, 1.54) is 0 Å². The molecule has 104 valence electrons. The summed E-state index contributed by atoms with van der Waals surface area (Å²) in [6.45, 7) is 1.83. The average molecular weight is 278 g/mol. The van der Waals surface area contributed by atoms with Gasteiger partial charge in [-0.1, -0.05) is 17.3 Å². The molecule has 0 spiro atoms. The smallest absolute Gasteiger partial charge is 0.198 e. The number of halogens is 2. The lowest BCUT2D eigenvalue weighted by Gasteiger charge is -2.10. The van der Waals surface area contributed by atoms with Gasteiger partial charge in [-0.3, -0.25) is 0 Å².